The maximum atomic E-state index is 15.1. The molecule has 0 saturated heterocycles. The van der Waals surface area contributed by atoms with E-state index in [1.54, 1.807) is 25.3 Å². The highest BCUT2D eigenvalue weighted by Gasteiger charge is 2.69. The van der Waals surface area contributed by atoms with E-state index < -0.39 is 28.1 Å². The van der Waals surface area contributed by atoms with Crippen LogP contribution in [0.5, 0.6) is 5.88 Å². The molecule has 0 radical (unpaired) electrons. The summed E-state index contributed by atoms with van der Waals surface area (Å²) in [4.78, 5) is 17.6. The first-order chi connectivity index (χ1) is 16.7. The normalized spacial score (nSPS) is 25.9. The second-order valence-corrected chi connectivity index (χ2v) is 10.4. The Hall–Kier alpha value is -3.32. The number of hydrogen-bond donors (Lipinski definition) is 1. The predicted molar refractivity (Wildman–Crippen MR) is 129 cm³/mol. The summed E-state index contributed by atoms with van der Waals surface area (Å²) < 4.78 is 49.0. The van der Waals surface area contributed by atoms with Gasteiger partial charge in [0.2, 0.25) is 5.88 Å². The number of fused-ring (bicyclic) bond motifs is 2. The van der Waals surface area contributed by atoms with Gasteiger partial charge in [-0.2, -0.15) is 0 Å². The van der Waals surface area contributed by atoms with Crippen LogP contribution in [0.15, 0.2) is 35.6 Å². The van der Waals surface area contributed by atoms with Crippen LogP contribution in [0.1, 0.15) is 37.1 Å². The quantitative estimate of drug-likeness (QED) is 0.511. The first kappa shape index (κ1) is 23.4. The van der Waals surface area contributed by atoms with Crippen molar-refractivity contribution in [3.05, 3.63) is 59.0 Å². The highest BCUT2D eigenvalue weighted by molar-refractivity contribution is 8.15. The SMILES string of the molecule is C#CCOc1cnc2c(Cc3cc(F)c(F)c([C@@]4(C)N=C(N)S[C@@]5(C(C)F)C[C@@H]45)c3)nccc2n1. The van der Waals surface area contributed by atoms with Crippen molar-refractivity contribution in [2.75, 3.05) is 6.61 Å². The predicted octanol–water partition coefficient (Wildman–Crippen LogP) is 4.30. The molecule has 1 saturated carbocycles. The molecule has 0 amide bonds. The molecule has 5 rings (SSSR count). The third kappa shape index (κ3) is 3.88. The molecule has 1 aliphatic heterocycles. The number of halogens is 3. The number of thioether (sulfide) groups is 1. The lowest BCUT2D eigenvalue weighted by atomic mass is 9.84. The number of benzene rings is 1. The van der Waals surface area contributed by atoms with Gasteiger partial charge in [-0.25, -0.2) is 23.1 Å². The minimum atomic E-state index is -1.19. The van der Waals surface area contributed by atoms with Crippen molar-refractivity contribution in [3.8, 4) is 18.2 Å². The zero-order valence-corrected chi connectivity index (χ0v) is 19.9. The van der Waals surface area contributed by atoms with Crippen LogP contribution >= 0.6 is 11.8 Å². The molecule has 10 heteroatoms. The van der Waals surface area contributed by atoms with Crippen molar-refractivity contribution in [1.29, 1.82) is 0 Å². The van der Waals surface area contributed by atoms with Gasteiger partial charge in [-0.1, -0.05) is 17.7 Å². The fraction of sp³-hybridized carbons (Fsp3) is 0.360. The average Bonchev–Trinajstić information content (AvgIpc) is 3.57. The van der Waals surface area contributed by atoms with E-state index in [4.69, 9.17) is 16.9 Å². The first-order valence-corrected chi connectivity index (χ1v) is 11.8. The van der Waals surface area contributed by atoms with Crippen molar-refractivity contribution >= 4 is 28.0 Å². The van der Waals surface area contributed by atoms with Crippen molar-refractivity contribution in [2.24, 2.45) is 16.6 Å². The van der Waals surface area contributed by atoms with E-state index in [2.05, 4.69) is 25.9 Å². The van der Waals surface area contributed by atoms with Crippen LogP contribution in [0.25, 0.3) is 11.0 Å². The van der Waals surface area contributed by atoms with Crippen LogP contribution in [0.2, 0.25) is 0 Å². The average molecular weight is 498 g/mol. The topological polar surface area (TPSA) is 86.3 Å². The molecule has 1 aromatic carbocycles. The molecule has 4 atom stereocenters. The van der Waals surface area contributed by atoms with Crippen molar-refractivity contribution in [3.63, 3.8) is 0 Å². The number of aliphatic imine (C=N–C) groups is 1. The van der Waals surface area contributed by atoms with Gasteiger partial charge in [-0.15, -0.1) is 6.42 Å². The number of rotatable bonds is 6. The van der Waals surface area contributed by atoms with Gasteiger partial charge < -0.3 is 10.5 Å². The first-order valence-electron chi connectivity index (χ1n) is 11.0. The second kappa shape index (κ2) is 8.41. The number of nitrogens with zero attached hydrogens (tertiary/aromatic N) is 4. The van der Waals surface area contributed by atoms with Gasteiger partial charge in [-0.05, 0) is 44.0 Å². The molecular weight excluding hydrogens is 475 g/mol. The lowest BCUT2D eigenvalue weighted by Crippen LogP contribution is -2.39. The van der Waals surface area contributed by atoms with Gasteiger partial charge in [0.25, 0.3) is 0 Å². The Labute approximate surface area is 204 Å². The summed E-state index contributed by atoms with van der Waals surface area (Å²) in [5.74, 6) is 0.312. The standard InChI is InChI=1S/C25H22F3N5OS/c1-4-7-34-20-12-31-22-17(32-20)5-6-30-18(22)10-14-8-15(21(28)16(27)9-14)24(3)19-11-25(19,13(2)26)35-23(29)33-24/h1,5-6,8-9,12-13,19H,7,10-11H2,2-3H3,(H2,29,33)/t13?,19-,24+,25+/m0/s1. The lowest BCUT2D eigenvalue weighted by Gasteiger charge is -2.35. The van der Waals surface area contributed by atoms with E-state index in [9.17, 15) is 8.78 Å². The van der Waals surface area contributed by atoms with Gasteiger partial charge in [0, 0.05) is 24.1 Å². The number of hydrogen-bond acceptors (Lipinski definition) is 7. The zero-order valence-electron chi connectivity index (χ0n) is 19.1. The Morgan fingerprint density at radius 2 is 2.14 bits per heavy atom. The Bertz CT molecular complexity index is 1410. The molecule has 3 aromatic rings. The summed E-state index contributed by atoms with van der Waals surface area (Å²) in [6, 6.07) is 4.37. The van der Waals surface area contributed by atoms with Crippen LogP contribution in [-0.4, -0.2) is 37.6 Å². The van der Waals surface area contributed by atoms with E-state index in [-0.39, 0.29) is 35.6 Å². The Balaban J connectivity index is 1.53. The van der Waals surface area contributed by atoms with Gasteiger partial charge in [0.05, 0.1) is 27.7 Å². The number of aromatic nitrogens is 3. The molecule has 0 bridgehead atoms. The summed E-state index contributed by atoms with van der Waals surface area (Å²) in [5.41, 5.74) is 6.92. The lowest BCUT2D eigenvalue weighted by molar-refractivity contribution is 0.295. The molecule has 1 fully saturated rings. The Kier molecular flexibility index (Phi) is 5.63. The third-order valence-electron chi connectivity index (χ3n) is 6.76. The third-order valence-corrected chi connectivity index (χ3v) is 8.22. The van der Waals surface area contributed by atoms with Crippen molar-refractivity contribution in [1.82, 2.24) is 15.0 Å². The molecule has 3 heterocycles. The monoisotopic (exact) mass is 497 g/mol. The molecule has 35 heavy (non-hydrogen) atoms. The maximum Gasteiger partial charge on any atom is 0.233 e. The number of terminal acetylenes is 1. The summed E-state index contributed by atoms with van der Waals surface area (Å²) in [7, 11) is 0. The minimum Gasteiger partial charge on any atom is -0.463 e. The second-order valence-electron chi connectivity index (χ2n) is 8.97. The summed E-state index contributed by atoms with van der Waals surface area (Å²) in [5, 5.41) is 0.171. The molecule has 6 nitrogen and oxygen atoms in total. The number of nitrogens with two attached hydrogens (primary N) is 1. The molecular formula is C25H22F3N5OS. The molecule has 180 valence electrons. The molecule has 2 N–H and O–H groups in total. The van der Waals surface area contributed by atoms with Crippen LogP contribution in [0.3, 0.4) is 0 Å². The number of pyridine rings is 1. The minimum absolute atomic E-state index is 0.0552. The van der Waals surface area contributed by atoms with Gasteiger partial charge >= 0.3 is 0 Å². The van der Waals surface area contributed by atoms with Crippen LogP contribution < -0.4 is 10.5 Å². The number of ether oxygens (including phenoxy) is 1. The molecule has 1 aliphatic carbocycles. The highest BCUT2D eigenvalue weighted by Crippen LogP contribution is 2.67. The van der Waals surface area contributed by atoms with Gasteiger partial charge in [0.1, 0.15) is 11.7 Å². The molecule has 2 aromatic heterocycles. The zero-order chi connectivity index (χ0) is 25.0. The molecule has 1 unspecified atom stereocenters. The van der Waals surface area contributed by atoms with E-state index in [0.717, 1.165) is 6.07 Å². The fourth-order valence-corrected chi connectivity index (χ4v) is 6.36. The van der Waals surface area contributed by atoms with Crippen LogP contribution in [0, 0.1) is 29.9 Å². The highest BCUT2D eigenvalue weighted by atomic mass is 32.2. The van der Waals surface area contributed by atoms with Gasteiger partial charge in [0.15, 0.2) is 23.4 Å². The summed E-state index contributed by atoms with van der Waals surface area (Å²) >= 11 is 1.18. The largest absolute Gasteiger partial charge is 0.463 e. The van der Waals surface area contributed by atoms with E-state index in [0.29, 0.717) is 28.7 Å². The maximum absolute atomic E-state index is 15.1. The van der Waals surface area contributed by atoms with Crippen molar-refractivity contribution in [2.45, 2.75) is 43.1 Å². The number of amidine groups is 1. The number of alkyl halides is 1. The smallest absolute Gasteiger partial charge is 0.233 e. The van der Waals surface area contributed by atoms with E-state index in [1.165, 1.54) is 24.9 Å². The van der Waals surface area contributed by atoms with E-state index in [1.807, 2.05) is 0 Å². The molecule has 2 aliphatic rings. The fourth-order valence-electron chi connectivity index (χ4n) is 4.95. The van der Waals surface area contributed by atoms with Crippen molar-refractivity contribution < 1.29 is 17.9 Å². The van der Waals surface area contributed by atoms with Crippen LogP contribution in [0.4, 0.5) is 13.2 Å². The Morgan fingerprint density at radius 1 is 1.34 bits per heavy atom. The summed E-state index contributed by atoms with van der Waals surface area (Å²) in [6.07, 6.45) is 7.68. The summed E-state index contributed by atoms with van der Waals surface area (Å²) in [6.45, 7) is 3.22. The van der Waals surface area contributed by atoms with E-state index >= 15 is 4.39 Å². The Morgan fingerprint density at radius 3 is 2.89 bits per heavy atom. The van der Waals surface area contributed by atoms with Gasteiger partial charge in [-0.3, -0.25) is 9.98 Å². The molecule has 0 spiro atoms. The van der Waals surface area contributed by atoms with Crippen LogP contribution in [-0.2, 0) is 12.0 Å².